The molecule has 0 saturated carbocycles. The van der Waals surface area contributed by atoms with Gasteiger partial charge < -0.3 is 24.9 Å². The van der Waals surface area contributed by atoms with E-state index in [1.54, 1.807) is 24.4 Å². The van der Waals surface area contributed by atoms with E-state index in [2.05, 4.69) is 15.4 Å². The van der Waals surface area contributed by atoms with E-state index in [1.807, 2.05) is 0 Å². The molecular formula is C17H17ClFN5O3. The highest BCUT2D eigenvalue weighted by Crippen LogP contribution is 2.39. The van der Waals surface area contributed by atoms with E-state index in [-0.39, 0.29) is 0 Å². The third kappa shape index (κ3) is 3.03. The number of nitrogens with two attached hydrogens (primary N) is 1. The lowest BCUT2D eigenvalue weighted by Crippen LogP contribution is -2.33. The average Bonchev–Trinajstić information content (AvgIpc) is 3.23. The minimum Gasteiger partial charge on any atom is -0.387 e. The molecule has 1 fully saturated rings. The number of rotatable bonds is 4. The Hall–Kier alpha value is -2.30. The van der Waals surface area contributed by atoms with Gasteiger partial charge in [0.15, 0.2) is 18.2 Å². The standard InChI is InChI=1S/C17H17ClFN5O3/c18-9-3-1-8(2-4-9)11(19)14-12(25)13(26)17(27-14)24-6-5-10-15(23-20)21-7-22-16(10)24/h1-7,11-14,17,25-26H,20H2,(H,21,22,23)/t11?,12-,13+,14+,17+/m0/s1. The van der Waals surface area contributed by atoms with Gasteiger partial charge in [-0.05, 0) is 23.8 Å². The molecule has 0 radical (unpaired) electrons. The van der Waals surface area contributed by atoms with Crippen molar-refractivity contribution < 1.29 is 19.3 Å². The van der Waals surface area contributed by atoms with E-state index in [0.29, 0.717) is 27.4 Å². The molecule has 1 unspecified atom stereocenters. The van der Waals surface area contributed by atoms with Crippen molar-refractivity contribution in [3.05, 3.63) is 53.4 Å². The number of nitrogen functional groups attached to an aromatic ring is 1. The van der Waals surface area contributed by atoms with Crippen LogP contribution in [0.25, 0.3) is 11.0 Å². The first-order chi connectivity index (χ1) is 13.0. The van der Waals surface area contributed by atoms with Crippen molar-refractivity contribution in [1.29, 1.82) is 0 Å². The number of halogens is 2. The summed E-state index contributed by atoms with van der Waals surface area (Å²) in [4.78, 5) is 8.17. The molecule has 0 amide bonds. The Labute approximate surface area is 158 Å². The molecule has 0 spiro atoms. The summed E-state index contributed by atoms with van der Waals surface area (Å²) < 4.78 is 22.2. The van der Waals surface area contributed by atoms with Crippen LogP contribution >= 0.6 is 11.6 Å². The molecule has 27 heavy (non-hydrogen) atoms. The number of anilines is 1. The Morgan fingerprint density at radius 3 is 2.63 bits per heavy atom. The Bertz CT molecular complexity index is 953. The number of alkyl halides is 1. The summed E-state index contributed by atoms with van der Waals surface area (Å²) in [5, 5.41) is 21.9. The van der Waals surface area contributed by atoms with Crippen LogP contribution in [0.3, 0.4) is 0 Å². The molecular weight excluding hydrogens is 377 g/mol. The average molecular weight is 394 g/mol. The van der Waals surface area contributed by atoms with Crippen molar-refractivity contribution in [1.82, 2.24) is 14.5 Å². The third-order valence-corrected chi connectivity index (χ3v) is 4.92. The van der Waals surface area contributed by atoms with Gasteiger partial charge in [-0.3, -0.25) is 0 Å². The number of ether oxygens (including phenoxy) is 1. The second kappa shape index (κ2) is 7.02. The summed E-state index contributed by atoms with van der Waals surface area (Å²) >= 11 is 5.83. The maximum Gasteiger partial charge on any atom is 0.164 e. The first-order valence-corrected chi connectivity index (χ1v) is 8.58. The zero-order valence-electron chi connectivity index (χ0n) is 13.9. The van der Waals surface area contributed by atoms with E-state index in [9.17, 15) is 14.6 Å². The summed E-state index contributed by atoms with van der Waals surface area (Å²) in [5.74, 6) is 5.83. The highest BCUT2D eigenvalue weighted by molar-refractivity contribution is 6.30. The number of fused-ring (bicyclic) bond motifs is 1. The molecule has 142 valence electrons. The monoisotopic (exact) mass is 393 g/mol. The lowest BCUT2D eigenvalue weighted by Gasteiger charge is -2.19. The second-order valence-corrected chi connectivity index (χ2v) is 6.69. The van der Waals surface area contributed by atoms with E-state index in [4.69, 9.17) is 22.2 Å². The molecule has 1 aliphatic heterocycles. The van der Waals surface area contributed by atoms with Gasteiger partial charge in [0.25, 0.3) is 0 Å². The number of hydrogen-bond donors (Lipinski definition) is 4. The lowest BCUT2D eigenvalue weighted by atomic mass is 10.0. The van der Waals surface area contributed by atoms with E-state index >= 15 is 0 Å². The van der Waals surface area contributed by atoms with E-state index < -0.39 is 30.7 Å². The van der Waals surface area contributed by atoms with Crippen LogP contribution in [0.5, 0.6) is 0 Å². The number of hydrogen-bond acceptors (Lipinski definition) is 7. The Morgan fingerprint density at radius 2 is 1.93 bits per heavy atom. The van der Waals surface area contributed by atoms with Crippen molar-refractivity contribution in [2.24, 2.45) is 5.84 Å². The van der Waals surface area contributed by atoms with Gasteiger partial charge in [0.1, 0.15) is 30.3 Å². The highest BCUT2D eigenvalue weighted by atomic mass is 35.5. The van der Waals surface area contributed by atoms with Gasteiger partial charge in [0.05, 0.1) is 5.39 Å². The molecule has 2 aromatic heterocycles. The van der Waals surface area contributed by atoms with E-state index in [0.717, 1.165) is 0 Å². The lowest BCUT2D eigenvalue weighted by molar-refractivity contribution is -0.0625. The zero-order chi connectivity index (χ0) is 19.1. The van der Waals surface area contributed by atoms with Gasteiger partial charge in [-0.1, -0.05) is 23.7 Å². The van der Waals surface area contributed by atoms with Gasteiger partial charge in [-0.2, -0.15) is 0 Å². The molecule has 5 atom stereocenters. The fraction of sp³-hybridized carbons (Fsp3) is 0.294. The molecule has 0 aliphatic carbocycles. The maximum absolute atomic E-state index is 14.9. The second-order valence-electron chi connectivity index (χ2n) is 6.25. The van der Waals surface area contributed by atoms with Crippen molar-refractivity contribution in [3.63, 3.8) is 0 Å². The first kappa shape index (κ1) is 18.1. The summed E-state index contributed by atoms with van der Waals surface area (Å²) in [6, 6.07) is 7.82. The summed E-state index contributed by atoms with van der Waals surface area (Å²) in [6.45, 7) is 0. The van der Waals surface area contributed by atoms with Crippen LogP contribution in [0.1, 0.15) is 18.0 Å². The van der Waals surface area contributed by atoms with Crippen LogP contribution in [0.15, 0.2) is 42.9 Å². The smallest absolute Gasteiger partial charge is 0.164 e. The SMILES string of the molecule is NNc1ncnc2c1ccn2[C@@H]1O[C@H](C(F)c2ccc(Cl)cc2)[C@@H](O)[C@H]1O. The fourth-order valence-corrected chi connectivity index (χ4v) is 3.41. The van der Waals surface area contributed by atoms with Crippen molar-refractivity contribution in [2.75, 3.05) is 5.43 Å². The molecule has 8 nitrogen and oxygen atoms in total. The molecule has 5 N–H and O–H groups in total. The Kier molecular flexibility index (Phi) is 4.70. The summed E-state index contributed by atoms with van der Waals surface area (Å²) in [7, 11) is 0. The number of hydrazine groups is 1. The summed E-state index contributed by atoms with van der Waals surface area (Å²) in [6.07, 6.45) is -3.78. The van der Waals surface area contributed by atoms with Crippen LogP contribution in [-0.4, -0.2) is 43.1 Å². The quantitative estimate of drug-likeness (QED) is 0.393. The first-order valence-electron chi connectivity index (χ1n) is 8.20. The Morgan fingerprint density at radius 1 is 1.19 bits per heavy atom. The van der Waals surface area contributed by atoms with E-state index in [1.165, 1.54) is 23.0 Å². The predicted molar refractivity (Wildman–Crippen MR) is 96.6 cm³/mol. The molecule has 1 saturated heterocycles. The Balaban J connectivity index is 1.65. The molecule has 3 aromatic rings. The van der Waals surface area contributed by atoms with Gasteiger partial charge in [-0.25, -0.2) is 20.2 Å². The number of aromatic nitrogens is 3. The number of nitrogens with zero attached hydrogens (tertiary/aromatic N) is 3. The number of nitrogens with one attached hydrogen (secondary N) is 1. The fourth-order valence-electron chi connectivity index (χ4n) is 3.28. The molecule has 4 rings (SSSR count). The van der Waals surface area contributed by atoms with Crippen LogP contribution in [-0.2, 0) is 4.74 Å². The number of benzene rings is 1. The third-order valence-electron chi connectivity index (χ3n) is 4.67. The zero-order valence-corrected chi connectivity index (χ0v) is 14.7. The van der Waals surface area contributed by atoms with Crippen LogP contribution in [0, 0.1) is 0 Å². The van der Waals surface area contributed by atoms with Crippen LogP contribution in [0.4, 0.5) is 10.2 Å². The van der Waals surface area contributed by atoms with Gasteiger partial charge in [0, 0.05) is 11.2 Å². The minimum atomic E-state index is -1.64. The number of aliphatic hydroxyl groups is 2. The molecule has 0 bridgehead atoms. The maximum atomic E-state index is 14.9. The predicted octanol–water partition coefficient (Wildman–Crippen LogP) is 1.70. The van der Waals surface area contributed by atoms with Crippen molar-refractivity contribution in [3.8, 4) is 0 Å². The normalized spacial score (nSPS) is 26.4. The van der Waals surface area contributed by atoms with Crippen LogP contribution in [0.2, 0.25) is 5.02 Å². The van der Waals surface area contributed by atoms with Crippen molar-refractivity contribution >= 4 is 28.5 Å². The summed E-state index contributed by atoms with van der Waals surface area (Å²) in [5.41, 5.74) is 3.18. The molecule has 1 aromatic carbocycles. The van der Waals surface area contributed by atoms with Gasteiger partial charge in [0.2, 0.25) is 0 Å². The van der Waals surface area contributed by atoms with Crippen molar-refractivity contribution in [2.45, 2.75) is 30.7 Å². The number of aliphatic hydroxyl groups excluding tert-OH is 2. The molecule has 3 heterocycles. The molecule has 10 heteroatoms. The minimum absolute atomic E-state index is 0.297. The van der Waals surface area contributed by atoms with Gasteiger partial charge >= 0.3 is 0 Å². The van der Waals surface area contributed by atoms with Crippen LogP contribution < -0.4 is 11.3 Å². The van der Waals surface area contributed by atoms with Gasteiger partial charge in [-0.15, -0.1) is 0 Å². The highest BCUT2D eigenvalue weighted by Gasteiger charge is 2.48. The topological polar surface area (TPSA) is 118 Å². The molecule has 1 aliphatic rings. The largest absolute Gasteiger partial charge is 0.387 e.